The maximum Gasteiger partial charge on any atom is 0.145 e. The third-order valence-electron chi connectivity index (χ3n) is 2.36. The highest BCUT2D eigenvalue weighted by Gasteiger charge is 2.05. The van der Waals surface area contributed by atoms with Crippen molar-refractivity contribution < 1.29 is 0 Å². The van der Waals surface area contributed by atoms with Crippen molar-refractivity contribution in [2.75, 3.05) is 5.32 Å². The summed E-state index contributed by atoms with van der Waals surface area (Å²) in [5.41, 5.74) is 2.45. The lowest BCUT2D eigenvalue weighted by Crippen LogP contribution is -2.01. The van der Waals surface area contributed by atoms with E-state index in [1.807, 2.05) is 25.1 Å². The van der Waals surface area contributed by atoms with Gasteiger partial charge >= 0.3 is 0 Å². The molecule has 7 nitrogen and oxygen atoms in total. The first-order chi connectivity index (χ1) is 9.24. The molecule has 19 heavy (non-hydrogen) atoms. The molecule has 0 spiro atoms. The van der Waals surface area contributed by atoms with Crippen molar-refractivity contribution in [3.05, 3.63) is 41.9 Å². The first-order valence-electron chi connectivity index (χ1n) is 5.35. The highest BCUT2D eigenvalue weighted by molar-refractivity contribution is 5.64. The number of hydrogen-bond donors (Lipinski definition) is 1. The smallest absolute Gasteiger partial charge is 0.145 e. The average molecular weight is 251 g/mol. The number of aromatic nitrogens is 4. The molecule has 0 saturated carbocycles. The molecule has 0 unspecified atom stereocenters. The van der Waals surface area contributed by atoms with Crippen molar-refractivity contribution in [3.63, 3.8) is 0 Å². The van der Waals surface area contributed by atoms with Gasteiger partial charge in [-0.15, -0.1) is 5.10 Å². The van der Waals surface area contributed by atoms with Crippen molar-refractivity contribution in [1.82, 2.24) is 20.2 Å². The van der Waals surface area contributed by atoms with Gasteiger partial charge in [0.15, 0.2) is 0 Å². The van der Waals surface area contributed by atoms with E-state index >= 15 is 0 Å². The molecule has 0 aliphatic rings. The van der Waals surface area contributed by atoms with Crippen LogP contribution in [0.4, 0.5) is 5.69 Å². The minimum atomic E-state index is -0.0100. The van der Waals surface area contributed by atoms with Gasteiger partial charge < -0.3 is 5.32 Å². The van der Waals surface area contributed by atoms with E-state index in [1.165, 1.54) is 17.2 Å². The molecule has 0 aliphatic heterocycles. The van der Waals surface area contributed by atoms with E-state index in [2.05, 4.69) is 20.8 Å². The van der Waals surface area contributed by atoms with E-state index in [-0.39, 0.29) is 5.57 Å². The molecule has 1 aromatic carbocycles. The van der Waals surface area contributed by atoms with Gasteiger partial charge in [-0.3, -0.25) is 0 Å². The molecule has 1 N–H and O–H groups in total. The fourth-order valence-corrected chi connectivity index (χ4v) is 1.48. The molecule has 0 fully saturated rings. The molecular formula is C12H9N7. The number of hydrogen-bond acceptors (Lipinski definition) is 6. The van der Waals surface area contributed by atoms with Crippen molar-refractivity contribution in [1.29, 1.82) is 10.5 Å². The lowest BCUT2D eigenvalue weighted by molar-refractivity contribution is 0.790. The molecule has 92 valence electrons. The second-order valence-corrected chi connectivity index (χ2v) is 3.70. The van der Waals surface area contributed by atoms with Crippen LogP contribution in [-0.4, -0.2) is 20.2 Å². The molecule has 0 saturated heterocycles. The van der Waals surface area contributed by atoms with Gasteiger partial charge in [0.05, 0.1) is 11.4 Å². The predicted molar refractivity (Wildman–Crippen MR) is 66.8 cm³/mol. The zero-order chi connectivity index (χ0) is 13.7. The number of aryl methyl sites for hydroxylation is 1. The van der Waals surface area contributed by atoms with E-state index in [4.69, 9.17) is 10.5 Å². The summed E-state index contributed by atoms with van der Waals surface area (Å²) in [6, 6.07) is 9.20. The van der Waals surface area contributed by atoms with Crippen molar-refractivity contribution in [2.24, 2.45) is 0 Å². The third kappa shape index (κ3) is 2.73. The minimum Gasteiger partial charge on any atom is -0.358 e. The second kappa shape index (κ2) is 5.43. The Hall–Kier alpha value is -3.19. The van der Waals surface area contributed by atoms with E-state index in [0.29, 0.717) is 5.69 Å². The molecule has 0 atom stereocenters. The number of nitrogens with zero attached hydrogens (tertiary/aromatic N) is 6. The summed E-state index contributed by atoms with van der Waals surface area (Å²) in [6.07, 6.45) is 2.82. The Morgan fingerprint density at radius 1 is 1.37 bits per heavy atom. The fraction of sp³-hybridized carbons (Fsp3) is 0.0833. The third-order valence-corrected chi connectivity index (χ3v) is 2.36. The summed E-state index contributed by atoms with van der Waals surface area (Å²) >= 11 is 0. The summed E-state index contributed by atoms with van der Waals surface area (Å²) < 4.78 is 1.49. The van der Waals surface area contributed by atoms with Crippen LogP contribution >= 0.6 is 0 Å². The largest absolute Gasteiger partial charge is 0.358 e. The molecule has 2 aromatic rings. The first-order valence-corrected chi connectivity index (χ1v) is 5.35. The van der Waals surface area contributed by atoms with Crippen LogP contribution in [0.25, 0.3) is 5.69 Å². The monoisotopic (exact) mass is 251 g/mol. The Bertz CT molecular complexity index is 670. The topological polar surface area (TPSA) is 103 Å². The Kier molecular flexibility index (Phi) is 3.51. The van der Waals surface area contributed by atoms with Crippen LogP contribution in [-0.2, 0) is 0 Å². The maximum absolute atomic E-state index is 8.69. The molecule has 0 bridgehead atoms. The molecule has 0 radical (unpaired) electrons. The van der Waals surface area contributed by atoms with Crippen LogP contribution in [0.1, 0.15) is 5.56 Å². The summed E-state index contributed by atoms with van der Waals surface area (Å²) in [7, 11) is 0. The van der Waals surface area contributed by atoms with Gasteiger partial charge in [0, 0.05) is 6.20 Å². The average Bonchev–Trinajstić information content (AvgIpc) is 2.94. The molecular weight excluding hydrogens is 242 g/mol. The molecule has 0 aliphatic carbocycles. The van der Waals surface area contributed by atoms with Crippen molar-refractivity contribution in [2.45, 2.75) is 6.92 Å². The molecule has 1 heterocycles. The Labute approximate surface area is 109 Å². The van der Waals surface area contributed by atoms with Gasteiger partial charge in [-0.1, -0.05) is 6.07 Å². The van der Waals surface area contributed by atoms with Crippen LogP contribution in [0.15, 0.2) is 36.3 Å². The number of tetrazole rings is 1. The zero-order valence-corrected chi connectivity index (χ0v) is 10.1. The summed E-state index contributed by atoms with van der Waals surface area (Å²) in [5, 5.41) is 31.3. The number of rotatable bonds is 3. The standard InChI is InChI=1S/C12H9N7/c1-9-2-3-12(19-8-16-17-18-19)11(4-9)15-7-10(5-13)6-14/h2-4,7-8,15H,1H3. The lowest BCUT2D eigenvalue weighted by atomic mass is 10.2. The number of benzene rings is 1. The summed E-state index contributed by atoms with van der Waals surface area (Å²) in [4.78, 5) is 0. The Balaban J connectivity index is 2.40. The van der Waals surface area contributed by atoms with E-state index in [1.54, 1.807) is 12.1 Å². The second-order valence-electron chi connectivity index (χ2n) is 3.70. The van der Waals surface area contributed by atoms with E-state index in [9.17, 15) is 0 Å². The summed E-state index contributed by atoms with van der Waals surface area (Å²) in [5.74, 6) is 0. The van der Waals surface area contributed by atoms with Crippen LogP contribution < -0.4 is 5.32 Å². The van der Waals surface area contributed by atoms with Crippen LogP contribution in [0, 0.1) is 29.6 Å². The van der Waals surface area contributed by atoms with Gasteiger partial charge in [-0.05, 0) is 35.0 Å². The predicted octanol–water partition coefficient (Wildman–Crippen LogP) is 1.31. The maximum atomic E-state index is 8.69. The minimum absolute atomic E-state index is 0.0100. The fourth-order valence-electron chi connectivity index (χ4n) is 1.48. The molecule has 2 rings (SSSR count). The number of nitrogens with one attached hydrogen (secondary N) is 1. The van der Waals surface area contributed by atoms with Crippen LogP contribution in [0.3, 0.4) is 0 Å². The molecule has 1 aromatic heterocycles. The quantitative estimate of drug-likeness (QED) is 0.825. The van der Waals surface area contributed by atoms with Gasteiger partial charge in [-0.25, -0.2) is 0 Å². The SMILES string of the molecule is Cc1ccc(-n2cnnn2)c(NC=C(C#N)C#N)c1. The molecule has 0 amide bonds. The lowest BCUT2D eigenvalue weighted by Gasteiger charge is -2.09. The molecule has 7 heteroatoms. The van der Waals surface area contributed by atoms with Crippen LogP contribution in [0.5, 0.6) is 0 Å². The van der Waals surface area contributed by atoms with Gasteiger partial charge in [0.2, 0.25) is 0 Å². The van der Waals surface area contributed by atoms with Gasteiger partial charge in [0.25, 0.3) is 0 Å². The summed E-state index contributed by atoms with van der Waals surface area (Å²) in [6.45, 7) is 1.94. The van der Waals surface area contributed by atoms with Crippen LogP contribution in [0.2, 0.25) is 0 Å². The van der Waals surface area contributed by atoms with E-state index < -0.39 is 0 Å². The normalized spacial score (nSPS) is 9.21. The highest BCUT2D eigenvalue weighted by atomic mass is 15.5. The Morgan fingerprint density at radius 2 is 2.16 bits per heavy atom. The highest BCUT2D eigenvalue weighted by Crippen LogP contribution is 2.21. The van der Waals surface area contributed by atoms with Crippen molar-refractivity contribution >= 4 is 5.69 Å². The Morgan fingerprint density at radius 3 is 2.79 bits per heavy atom. The van der Waals surface area contributed by atoms with E-state index in [0.717, 1.165) is 11.3 Å². The number of anilines is 1. The van der Waals surface area contributed by atoms with Gasteiger partial charge in [-0.2, -0.15) is 15.2 Å². The number of allylic oxidation sites excluding steroid dienone is 1. The number of nitriles is 2. The first kappa shape index (κ1) is 12.3. The zero-order valence-electron chi connectivity index (χ0n) is 10.1. The van der Waals surface area contributed by atoms with Crippen molar-refractivity contribution in [3.8, 4) is 17.8 Å². The van der Waals surface area contributed by atoms with Gasteiger partial charge in [0.1, 0.15) is 24.0 Å².